The molecule has 6 rings (SSSR count). The summed E-state index contributed by atoms with van der Waals surface area (Å²) in [5, 5.41) is 4.84. The van der Waals surface area contributed by atoms with Gasteiger partial charge < -0.3 is 19.9 Å². The van der Waals surface area contributed by atoms with Gasteiger partial charge in [-0.2, -0.15) is 5.10 Å². The number of likely N-dealkylation sites (tertiary alicyclic amines) is 1. The average molecular weight is 445 g/mol. The largest absolute Gasteiger partial charge is 0.355 e. The first-order chi connectivity index (χ1) is 16.1. The number of fused-ring (bicyclic) bond motifs is 2. The molecule has 2 saturated heterocycles. The lowest BCUT2D eigenvalue weighted by Gasteiger charge is -2.34. The van der Waals surface area contributed by atoms with E-state index in [-0.39, 0.29) is 18.0 Å². The molecular weight excluding hydrogens is 416 g/mol. The molecule has 0 spiro atoms. The van der Waals surface area contributed by atoms with Gasteiger partial charge in [-0.15, -0.1) is 0 Å². The number of hydrogen-bond acceptors (Lipinski definition) is 6. The van der Waals surface area contributed by atoms with Gasteiger partial charge in [0.15, 0.2) is 5.65 Å². The number of carbonyl (C=O) groups excluding carboxylic acids is 1. The SMILES string of the molecule is Cc1cn2nc([C@@H]3CCCCN3C(=O)c3cn4ccccc4n3)cc2nc1N1CC[C@H](N)C1. The molecule has 0 radical (unpaired) electrons. The smallest absolute Gasteiger partial charge is 0.274 e. The Bertz CT molecular complexity index is 1310. The summed E-state index contributed by atoms with van der Waals surface area (Å²) in [7, 11) is 0. The molecule has 0 aliphatic carbocycles. The van der Waals surface area contributed by atoms with Crippen molar-refractivity contribution in [2.45, 2.75) is 44.7 Å². The summed E-state index contributed by atoms with van der Waals surface area (Å²) in [6, 6.07) is 7.91. The first-order valence-electron chi connectivity index (χ1n) is 11.7. The van der Waals surface area contributed by atoms with Crippen LogP contribution in [-0.2, 0) is 0 Å². The van der Waals surface area contributed by atoms with E-state index in [0.29, 0.717) is 12.2 Å². The van der Waals surface area contributed by atoms with Gasteiger partial charge in [-0.1, -0.05) is 6.07 Å². The minimum Gasteiger partial charge on any atom is -0.355 e. The van der Waals surface area contributed by atoms with Crippen molar-refractivity contribution in [2.75, 3.05) is 24.5 Å². The lowest BCUT2D eigenvalue weighted by molar-refractivity contribution is 0.0600. The third-order valence-electron chi connectivity index (χ3n) is 6.84. The molecule has 2 aliphatic rings. The summed E-state index contributed by atoms with van der Waals surface area (Å²) in [6.07, 6.45) is 9.67. The maximum Gasteiger partial charge on any atom is 0.274 e. The zero-order chi connectivity index (χ0) is 22.5. The zero-order valence-electron chi connectivity index (χ0n) is 18.8. The van der Waals surface area contributed by atoms with Gasteiger partial charge in [0.25, 0.3) is 5.91 Å². The number of aromatic nitrogens is 5. The Labute approximate surface area is 191 Å². The first-order valence-corrected chi connectivity index (χ1v) is 11.7. The van der Waals surface area contributed by atoms with Crippen LogP contribution in [0.2, 0.25) is 0 Å². The van der Waals surface area contributed by atoms with Crippen LogP contribution in [0.5, 0.6) is 0 Å². The number of anilines is 1. The Balaban J connectivity index is 1.33. The maximum atomic E-state index is 13.5. The normalized spacial score (nSPS) is 21.4. The van der Waals surface area contributed by atoms with Crippen LogP contribution in [-0.4, -0.2) is 60.5 Å². The van der Waals surface area contributed by atoms with E-state index in [1.807, 2.05) is 56.7 Å². The van der Waals surface area contributed by atoms with E-state index >= 15 is 0 Å². The van der Waals surface area contributed by atoms with Crippen LogP contribution in [0.25, 0.3) is 11.3 Å². The maximum absolute atomic E-state index is 13.5. The van der Waals surface area contributed by atoms with E-state index in [9.17, 15) is 4.79 Å². The van der Waals surface area contributed by atoms with Gasteiger partial charge in [-0.3, -0.25) is 4.79 Å². The molecule has 2 fully saturated rings. The molecule has 4 aromatic rings. The molecule has 9 nitrogen and oxygen atoms in total. The molecule has 0 unspecified atom stereocenters. The summed E-state index contributed by atoms with van der Waals surface area (Å²) >= 11 is 0. The molecule has 33 heavy (non-hydrogen) atoms. The number of carbonyl (C=O) groups is 1. The third kappa shape index (κ3) is 3.52. The number of imidazole rings is 1. The van der Waals surface area contributed by atoms with Crippen LogP contribution >= 0.6 is 0 Å². The molecule has 2 N–H and O–H groups in total. The zero-order valence-corrected chi connectivity index (χ0v) is 18.8. The minimum atomic E-state index is -0.0817. The highest BCUT2D eigenvalue weighted by molar-refractivity contribution is 5.93. The monoisotopic (exact) mass is 444 g/mol. The van der Waals surface area contributed by atoms with Gasteiger partial charge in [0.1, 0.15) is 17.2 Å². The fraction of sp³-hybridized carbons (Fsp3) is 0.417. The van der Waals surface area contributed by atoms with Gasteiger partial charge in [-0.05, 0) is 44.7 Å². The van der Waals surface area contributed by atoms with Crippen molar-refractivity contribution in [3.63, 3.8) is 0 Å². The van der Waals surface area contributed by atoms with Crippen LogP contribution in [0.3, 0.4) is 0 Å². The van der Waals surface area contributed by atoms with Crippen molar-refractivity contribution >= 4 is 23.0 Å². The molecule has 0 aromatic carbocycles. The summed E-state index contributed by atoms with van der Waals surface area (Å²) in [5.74, 6) is 0.930. The molecule has 170 valence electrons. The second kappa shape index (κ2) is 7.84. The standard InChI is InChI=1S/C24H28N8O/c1-16-13-32-22(27-23(16)30-11-8-17(25)14-30)12-18(28-32)20-6-2-5-10-31(20)24(33)19-15-29-9-4-3-7-21(29)26-19/h3-4,7,9,12-13,15,17,20H,2,5-6,8,10-11,14,25H2,1H3/t17-,20-/m0/s1. The molecule has 6 heterocycles. The number of piperidine rings is 1. The molecular formula is C24H28N8O. The minimum absolute atomic E-state index is 0.0451. The van der Waals surface area contributed by atoms with E-state index < -0.39 is 0 Å². The van der Waals surface area contributed by atoms with Crippen molar-refractivity contribution in [1.82, 2.24) is 28.9 Å². The highest BCUT2D eigenvalue weighted by Crippen LogP contribution is 2.32. The molecule has 1 amide bonds. The second-order valence-corrected chi connectivity index (χ2v) is 9.22. The van der Waals surface area contributed by atoms with E-state index in [2.05, 4.69) is 16.8 Å². The predicted octanol–water partition coefficient (Wildman–Crippen LogP) is 2.59. The van der Waals surface area contributed by atoms with Gasteiger partial charge in [-0.25, -0.2) is 14.5 Å². The Kier molecular flexibility index (Phi) is 4.79. The lowest BCUT2D eigenvalue weighted by atomic mass is 9.99. The van der Waals surface area contributed by atoms with Gasteiger partial charge in [0, 0.05) is 55.9 Å². The molecule has 2 atom stereocenters. The van der Waals surface area contributed by atoms with E-state index in [1.54, 1.807) is 0 Å². The van der Waals surface area contributed by atoms with Crippen molar-refractivity contribution in [2.24, 2.45) is 5.73 Å². The molecule has 0 bridgehead atoms. The van der Waals surface area contributed by atoms with E-state index in [4.69, 9.17) is 15.8 Å². The molecule has 0 saturated carbocycles. The fourth-order valence-corrected chi connectivity index (χ4v) is 5.15. The van der Waals surface area contributed by atoms with Gasteiger partial charge in [0.2, 0.25) is 0 Å². The summed E-state index contributed by atoms with van der Waals surface area (Å²) < 4.78 is 3.72. The molecule has 9 heteroatoms. The molecule has 2 aliphatic heterocycles. The van der Waals surface area contributed by atoms with Crippen LogP contribution in [0.1, 0.15) is 53.5 Å². The van der Waals surface area contributed by atoms with Crippen molar-refractivity contribution in [3.05, 3.63) is 59.8 Å². The third-order valence-corrected chi connectivity index (χ3v) is 6.84. The Hall–Kier alpha value is -3.46. The fourth-order valence-electron chi connectivity index (χ4n) is 5.15. The Morgan fingerprint density at radius 1 is 1.09 bits per heavy atom. The second-order valence-electron chi connectivity index (χ2n) is 9.22. The number of nitrogens with two attached hydrogens (primary N) is 1. The summed E-state index contributed by atoms with van der Waals surface area (Å²) in [5.41, 5.74) is 10.1. The number of hydrogen-bond donors (Lipinski definition) is 1. The van der Waals surface area contributed by atoms with Crippen molar-refractivity contribution in [1.29, 1.82) is 0 Å². The van der Waals surface area contributed by atoms with Crippen LogP contribution in [0.15, 0.2) is 42.9 Å². The highest BCUT2D eigenvalue weighted by Gasteiger charge is 2.32. The highest BCUT2D eigenvalue weighted by atomic mass is 16.2. The quantitative estimate of drug-likeness (QED) is 0.522. The van der Waals surface area contributed by atoms with Gasteiger partial charge >= 0.3 is 0 Å². The first kappa shape index (κ1) is 20.2. The van der Waals surface area contributed by atoms with Crippen LogP contribution < -0.4 is 10.6 Å². The van der Waals surface area contributed by atoms with Crippen molar-refractivity contribution in [3.8, 4) is 0 Å². The lowest BCUT2D eigenvalue weighted by Crippen LogP contribution is -2.38. The number of pyridine rings is 1. The number of rotatable bonds is 3. The predicted molar refractivity (Wildman–Crippen MR) is 125 cm³/mol. The number of amides is 1. The Morgan fingerprint density at radius 3 is 2.82 bits per heavy atom. The Morgan fingerprint density at radius 2 is 2.00 bits per heavy atom. The number of aryl methyl sites for hydroxylation is 1. The van der Waals surface area contributed by atoms with Gasteiger partial charge in [0.05, 0.1) is 11.7 Å². The van der Waals surface area contributed by atoms with Crippen LogP contribution in [0.4, 0.5) is 5.82 Å². The number of nitrogens with zero attached hydrogens (tertiary/aromatic N) is 7. The van der Waals surface area contributed by atoms with E-state index in [0.717, 1.165) is 67.1 Å². The van der Waals surface area contributed by atoms with Crippen molar-refractivity contribution < 1.29 is 4.79 Å². The summed E-state index contributed by atoms with van der Waals surface area (Å²) in [6.45, 7) is 4.52. The topological polar surface area (TPSA) is 97.1 Å². The summed E-state index contributed by atoms with van der Waals surface area (Å²) in [4.78, 5) is 27.1. The molecule has 4 aromatic heterocycles. The average Bonchev–Trinajstić information content (AvgIpc) is 3.55. The van der Waals surface area contributed by atoms with E-state index in [1.165, 1.54) is 0 Å². The van der Waals surface area contributed by atoms with Crippen LogP contribution in [0, 0.1) is 6.92 Å².